The van der Waals surface area contributed by atoms with Gasteiger partial charge in [-0.15, -0.1) is 0 Å². The molecule has 0 saturated carbocycles. The number of halogens is 1. The highest BCUT2D eigenvalue weighted by molar-refractivity contribution is 6.34. The zero-order valence-electron chi connectivity index (χ0n) is 18.2. The van der Waals surface area contributed by atoms with Crippen LogP contribution in [0.2, 0.25) is 5.02 Å². The van der Waals surface area contributed by atoms with E-state index in [0.717, 1.165) is 24.6 Å². The maximum atomic E-state index is 12.9. The van der Waals surface area contributed by atoms with Gasteiger partial charge in [0.2, 0.25) is 0 Å². The van der Waals surface area contributed by atoms with E-state index < -0.39 is 10.8 Å². The van der Waals surface area contributed by atoms with Gasteiger partial charge in [-0.25, -0.2) is 0 Å². The van der Waals surface area contributed by atoms with Crippen LogP contribution in [0, 0.1) is 10.1 Å². The number of rotatable bonds is 8. The number of nitrogens with one attached hydrogen (secondary N) is 2. The monoisotopic (exact) mass is 466 g/mol. The Balaban J connectivity index is 1.73. The lowest BCUT2D eigenvalue weighted by atomic mass is 10.1. The van der Waals surface area contributed by atoms with Gasteiger partial charge in [0.1, 0.15) is 0 Å². The minimum absolute atomic E-state index is 0.0574. The van der Waals surface area contributed by atoms with Crippen molar-refractivity contribution in [1.82, 2.24) is 4.90 Å². The Morgan fingerprint density at radius 3 is 2.24 bits per heavy atom. The van der Waals surface area contributed by atoms with E-state index in [2.05, 4.69) is 15.5 Å². The molecule has 0 saturated heterocycles. The lowest BCUT2D eigenvalue weighted by Crippen LogP contribution is -2.18. The number of para-hydroxylation sites is 1. The topological polar surface area (TPSA) is 105 Å². The fourth-order valence-corrected chi connectivity index (χ4v) is 3.35. The van der Waals surface area contributed by atoms with Crippen LogP contribution in [0.15, 0.2) is 66.7 Å². The number of amides is 2. The second-order valence-corrected chi connectivity index (χ2v) is 8.03. The average Bonchev–Trinajstić information content (AvgIpc) is 2.78. The highest BCUT2D eigenvalue weighted by Crippen LogP contribution is 2.25. The first-order chi connectivity index (χ1) is 15.7. The summed E-state index contributed by atoms with van der Waals surface area (Å²) < 4.78 is 0. The molecule has 0 aliphatic rings. The zero-order chi connectivity index (χ0) is 24.0. The summed E-state index contributed by atoms with van der Waals surface area (Å²) in [6.45, 7) is 0.928. The summed E-state index contributed by atoms with van der Waals surface area (Å²) in [5, 5.41) is 16.3. The van der Waals surface area contributed by atoms with E-state index in [1.54, 1.807) is 24.3 Å². The Hall–Kier alpha value is -3.75. The van der Waals surface area contributed by atoms with Crippen LogP contribution >= 0.6 is 11.6 Å². The Morgan fingerprint density at radius 1 is 0.939 bits per heavy atom. The van der Waals surface area contributed by atoms with Gasteiger partial charge in [0.05, 0.1) is 26.8 Å². The second-order valence-electron chi connectivity index (χ2n) is 7.63. The molecule has 9 heteroatoms. The summed E-state index contributed by atoms with van der Waals surface area (Å²) in [6.07, 6.45) is 0.904. The first-order valence-corrected chi connectivity index (χ1v) is 10.5. The first kappa shape index (κ1) is 23.9. The molecule has 0 fully saturated rings. The number of likely N-dealkylation sites (N-methyl/N-ethyl adjacent to an activating group) is 1. The van der Waals surface area contributed by atoms with Gasteiger partial charge >= 0.3 is 0 Å². The van der Waals surface area contributed by atoms with Crippen molar-refractivity contribution >= 4 is 40.5 Å². The molecule has 0 heterocycles. The lowest BCUT2D eigenvalue weighted by molar-refractivity contribution is -0.384. The molecule has 0 aliphatic heterocycles. The minimum Gasteiger partial charge on any atom is -0.322 e. The van der Waals surface area contributed by atoms with Crippen molar-refractivity contribution < 1.29 is 14.5 Å². The molecule has 0 radical (unpaired) electrons. The number of benzene rings is 3. The molecular weight excluding hydrogens is 444 g/mol. The van der Waals surface area contributed by atoms with E-state index in [1.807, 2.05) is 38.4 Å². The molecule has 2 amide bonds. The summed E-state index contributed by atoms with van der Waals surface area (Å²) in [6, 6.07) is 17.7. The van der Waals surface area contributed by atoms with Crippen LogP contribution in [0.25, 0.3) is 0 Å². The second kappa shape index (κ2) is 10.7. The van der Waals surface area contributed by atoms with Gasteiger partial charge < -0.3 is 15.5 Å². The summed E-state index contributed by atoms with van der Waals surface area (Å²) in [5.74, 6) is -0.970. The predicted octanol–water partition coefficient (Wildman–Crippen LogP) is 4.86. The summed E-state index contributed by atoms with van der Waals surface area (Å²) in [5.41, 5.74) is 2.19. The van der Waals surface area contributed by atoms with Crippen LogP contribution in [-0.2, 0) is 6.42 Å². The summed E-state index contributed by atoms with van der Waals surface area (Å²) >= 11 is 6.05. The molecule has 3 aromatic carbocycles. The van der Waals surface area contributed by atoms with E-state index in [0.29, 0.717) is 5.69 Å². The van der Waals surface area contributed by atoms with Crippen LogP contribution in [0.4, 0.5) is 17.1 Å². The molecule has 0 aromatic heterocycles. The van der Waals surface area contributed by atoms with Crippen molar-refractivity contribution in [2.24, 2.45) is 0 Å². The van der Waals surface area contributed by atoms with Crippen molar-refractivity contribution in [3.8, 4) is 0 Å². The summed E-state index contributed by atoms with van der Waals surface area (Å²) in [4.78, 5) is 37.9. The molecule has 170 valence electrons. The summed E-state index contributed by atoms with van der Waals surface area (Å²) in [7, 11) is 4.03. The van der Waals surface area contributed by atoms with Crippen molar-refractivity contribution in [2.75, 3.05) is 31.3 Å². The number of anilines is 2. The third-order valence-electron chi connectivity index (χ3n) is 4.89. The number of non-ortho nitro benzene ring substituents is 1. The van der Waals surface area contributed by atoms with E-state index in [1.165, 1.54) is 12.1 Å². The Bertz CT molecular complexity index is 1180. The van der Waals surface area contributed by atoms with Gasteiger partial charge in [-0.2, -0.15) is 0 Å². The number of carbonyl (C=O) groups is 2. The molecule has 33 heavy (non-hydrogen) atoms. The molecule has 0 aliphatic carbocycles. The van der Waals surface area contributed by atoms with Crippen molar-refractivity contribution in [3.05, 3.63) is 98.6 Å². The quantitative estimate of drug-likeness (QED) is 0.364. The van der Waals surface area contributed by atoms with Crippen molar-refractivity contribution in [3.63, 3.8) is 0 Å². The van der Waals surface area contributed by atoms with Crippen LogP contribution < -0.4 is 10.6 Å². The highest BCUT2D eigenvalue weighted by atomic mass is 35.5. The van der Waals surface area contributed by atoms with E-state index in [9.17, 15) is 19.7 Å². The van der Waals surface area contributed by atoms with Crippen LogP contribution in [0.3, 0.4) is 0 Å². The maximum absolute atomic E-state index is 12.9. The molecule has 8 nitrogen and oxygen atoms in total. The highest BCUT2D eigenvalue weighted by Gasteiger charge is 2.18. The van der Waals surface area contributed by atoms with Gasteiger partial charge in [-0.1, -0.05) is 35.9 Å². The number of nitrogens with zero attached hydrogens (tertiary/aromatic N) is 2. The number of nitro groups is 1. The number of carbonyl (C=O) groups excluding carboxylic acids is 2. The number of nitro benzene ring substituents is 1. The van der Waals surface area contributed by atoms with E-state index >= 15 is 0 Å². The molecule has 0 unspecified atom stereocenters. The SMILES string of the molecule is CN(C)CCc1ccc(NC(=O)c2ccccc2NC(=O)c2ccc([N+](=O)[O-])cc2Cl)cc1. The molecule has 3 aromatic rings. The van der Waals surface area contributed by atoms with Gasteiger partial charge in [0.15, 0.2) is 0 Å². The average molecular weight is 467 g/mol. The number of hydrogen-bond acceptors (Lipinski definition) is 5. The molecule has 0 bridgehead atoms. The van der Waals surface area contributed by atoms with Crippen molar-refractivity contribution in [1.29, 1.82) is 0 Å². The smallest absolute Gasteiger partial charge is 0.270 e. The molecule has 3 rings (SSSR count). The largest absolute Gasteiger partial charge is 0.322 e. The standard InChI is InChI=1S/C24H23ClN4O4/c1-28(2)14-13-16-7-9-17(10-8-16)26-24(31)20-5-3-4-6-22(20)27-23(30)19-12-11-18(29(32)33)15-21(19)25/h3-12,15H,13-14H2,1-2H3,(H,26,31)(H,27,30). The third kappa shape index (κ3) is 6.38. The van der Waals surface area contributed by atoms with E-state index in [4.69, 9.17) is 11.6 Å². The Kier molecular flexibility index (Phi) is 7.76. The lowest BCUT2D eigenvalue weighted by Gasteiger charge is -2.13. The van der Waals surface area contributed by atoms with Gasteiger partial charge in [0, 0.05) is 24.4 Å². The fourth-order valence-electron chi connectivity index (χ4n) is 3.09. The third-order valence-corrected chi connectivity index (χ3v) is 5.20. The van der Waals surface area contributed by atoms with Crippen LogP contribution in [0.1, 0.15) is 26.3 Å². The molecular formula is C24H23ClN4O4. The Morgan fingerprint density at radius 2 is 1.61 bits per heavy atom. The van der Waals surface area contributed by atoms with Gasteiger partial charge in [-0.3, -0.25) is 19.7 Å². The van der Waals surface area contributed by atoms with E-state index in [-0.39, 0.29) is 33.4 Å². The first-order valence-electron chi connectivity index (χ1n) is 10.1. The molecule has 0 spiro atoms. The Labute approximate surface area is 196 Å². The maximum Gasteiger partial charge on any atom is 0.270 e. The normalized spacial score (nSPS) is 10.7. The fraction of sp³-hybridized carbons (Fsp3) is 0.167. The number of hydrogen-bond donors (Lipinski definition) is 2. The predicted molar refractivity (Wildman–Crippen MR) is 129 cm³/mol. The van der Waals surface area contributed by atoms with Gasteiger partial charge in [0.25, 0.3) is 17.5 Å². The molecule has 0 atom stereocenters. The van der Waals surface area contributed by atoms with Crippen LogP contribution in [0.5, 0.6) is 0 Å². The zero-order valence-corrected chi connectivity index (χ0v) is 18.9. The van der Waals surface area contributed by atoms with Gasteiger partial charge in [-0.05, 0) is 56.4 Å². The van der Waals surface area contributed by atoms with Crippen molar-refractivity contribution in [2.45, 2.75) is 6.42 Å². The molecule has 2 N–H and O–H groups in total. The minimum atomic E-state index is -0.595. The van der Waals surface area contributed by atoms with Crippen LogP contribution in [-0.4, -0.2) is 42.3 Å².